The van der Waals surface area contributed by atoms with Crippen molar-refractivity contribution in [3.05, 3.63) is 42.0 Å². The molecule has 0 aliphatic carbocycles. The molecule has 0 aliphatic rings. The van der Waals surface area contributed by atoms with Crippen molar-refractivity contribution in [2.24, 2.45) is 0 Å². The Labute approximate surface area is 139 Å². The zero-order valence-electron chi connectivity index (χ0n) is 12.7. The van der Waals surface area contributed by atoms with E-state index in [2.05, 4.69) is 34.6 Å². The van der Waals surface area contributed by atoms with Gasteiger partial charge in [0.25, 0.3) is 0 Å². The summed E-state index contributed by atoms with van der Waals surface area (Å²) < 4.78 is 7.04. The Hall–Kier alpha value is -1.44. The van der Waals surface area contributed by atoms with Gasteiger partial charge >= 0.3 is 0 Å². The van der Waals surface area contributed by atoms with E-state index in [9.17, 15) is 0 Å². The summed E-state index contributed by atoms with van der Waals surface area (Å²) in [5.74, 6) is 1.50. The minimum atomic E-state index is -1.43. The number of pyridine rings is 1. The van der Waals surface area contributed by atoms with Crippen LogP contribution in [0.1, 0.15) is 5.89 Å². The van der Waals surface area contributed by atoms with E-state index in [4.69, 9.17) is 4.42 Å². The van der Waals surface area contributed by atoms with Crippen LogP contribution >= 0.6 is 23.1 Å². The van der Waals surface area contributed by atoms with E-state index in [-0.39, 0.29) is 0 Å². The third kappa shape index (κ3) is 3.48. The fourth-order valence-electron chi connectivity index (χ4n) is 1.86. The number of thioether (sulfide) groups is 1. The average molecular weight is 348 g/mol. The van der Waals surface area contributed by atoms with Crippen LogP contribution in [0, 0.1) is 0 Å². The highest BCUT2D eigenvalue weighted by atomic mass is 32.2. The topological polar surface area (TPSA) is 51.8 Å². The maximum Gasteiger partial charge on any atom is 0.204 e. The lowest BCUT2D eigenvalue weighted by Gasteiger charge is -2.09. The van der Waals surface area contributed by atoms with Gasteiger partial charge in [0.15, 0.2) is 0 Å². The molecule has 7 heteroatoms. The second kappa shape index (κ2) is 6.35. The second-order valence-corrected chi connectivity index (χ2v) is 13.0. The summed E-state index contributed by atoms with van der Waals surface area (Å²) in [6, 6.07) is 5.87. The molecule has 0 saturated heterocycles. The molecule has 3 heterocycles. The van der Waals surface area contributed by atoms with Crippen molar-refractivity contribution < 1.29 is 4.42 Å². The normalized spacial score (nSPS) is 11.8. The number of aromatic nitrogens is 3. The van der Waals surface area contributed by atoms with Crippen LogP contribution in [0.25, 0.3) is 11.4 Å². The van der Waals surface area contributed by atoms with Gasteiger partial charge in [-0.15, -0.1) is 23.1 Å². The van der Waals surface area contributed by atoms with Crippen LogP contribution in [-0.4, -0.2) is 23.0 Å². The maximum absolute atomic E-state index is 5.89. The molecule has 0 saturated carbocycles. The van der Waals surface area contributed by atoms with Crippen LogP contribution in [0.2, 0.25) is 19.6 Å². The summed E-state index contributed by atoms with van der Waals surface area (Å²) in [6.07, 6.45) is 3.67. The monoisotopic (exact) mass is 347 g/mol. The first-order chi connectivity index (χ1) is 10.5. The Balaban J connectivity index is 1.73. The van der Waals surface area contributed by atoms with Gasteiger partial charge < -0.3 is 4.42 Å². The van der Waals surface area contributed by atoms with Crippen LogP contribution in [0.4, 0.5) is 0 Å². The Bertz CT molecular complexity index is 749. The summed E-state index contributed by atoms with van der Waals surface area (Å²) >= 11 is 3.33. The summed E-state index contributed by atoms with van der Waals surface area (Å²) in [4.78, 5) is 13.2. The number of rotatable bonds is 5. The van der Waals surface area contributed by atoms with Crippen LogP contribution in [-0.2, 0) is 5.75 Å². The predicted octanol–water partition coefficient (Wildman–Crippen LogP) is 4.03. The molecular formula is C15H17N3OS2Si. The molecule has 0 fully saturated rings. The van der Waals surface area contributed by atoms with Gasteiger partial charge in [0.1, 0.15) is 19.2 Å². The zero-order chi connectivity index (χ0) is 15.6. The van der Waals surface area contributed by atoms with E-state index in [1.54, 1.807) is 29.3 Å². The quantitative estimate of drug-likeness (QED) is 0.515. The van der Waals surface area contributed by atoms with E-state index < -0.39 is 8.07 Å². The van der Waals surface area contributed by atoms with Crippen molar-refractivity contribution in [1.82, 2.24) is 15.0 Å². The molecule has 0 aliphatic heterocycles. The predicted molar refractivity (Wildman–Crippen MR) is 94.4 cm³/mol. The molecule has 3 aromatic heterocycles. The highest BCUT2D eigenvalue weighted by molar-refractivity contribution is 8.00. The molecule has 22 heavy (non-hydrogen) atoms. The minimum Gasteiger partial charge on any atom is -0.450 e. The van der Waals surface area contributed by atoms with Crippen LogP contribution < -0.4 is 5.38 Å². The molecule has 3 aromatic rings. The van der Waals surface area contributed by atoms with Gasteiger partial charge in [-0.1, -0.05) is 25.7 Å². The Kier molecular flexibility index (Phi) is 4.46. The smallest absolute Gasteiger partial charge is 0.204 e. The number of hydrogen-bond acceptors (Lipinski definition) is 6. The lowest BCUT2D eigenvalue weighted by Crippen LogP contribution is -2.36. The van der Waals surface area contributed by atoms with E-state index in [0.717, 1.165) is 26.9 Å². The molecule has 4 nitrogen and oxygen atoms in total. The lowest BCUT2D eigenvalue weighted by molar-refractivity contribution is 0.542. The lowest BCUT2D eigenvalue weighted by atomic mass is 10.3. The number of thiazole rings is 1. The van der Waals surface area contributed by atoms with Crippen molar-refractivity contribution in [2.45, 2.75) is 29.6 Å². The summed E-state index contributed by atoms with van der Waals surface area (Å²) in [7, 11) is -1.43. The van der Waals surface area contributed by atoms with E-state index in [1.165, 1.54) is 0 Å². The third-order valence-corrected chi connectivity index (χ3v) is 6.88. The van der Waals surface area contributed by atoms with Gasteiger partial charge in [-0.05, 0) is 12.1 Å². The van der Waals surface area contributed by atoms with Crippen LogP contribution in [0.3, 0.4) is 0 Å². The van der Waals surface area contributed by atoms with E-state index in [0.29, 0.717) is 5.75 Å². The SMILES string of the molecule is C[Si](C)(C)c1cnc(CSc2scnc2-c2ccccn2)o1. The minimum absolute atomic E-state index is 0.715. The maximum atomic E-state index is 5.89. The standard InChI is InChI=1S/C15H17N3OS2Si/c1-22(2,3)13-8-17-12(19-13)9-20-15-14(18-10-21-15)11-6-4-5-7-16-11/h4-8,10H,9H2,1-3H3. The van der Waals surface area contributed by atoms with Crippen LogP contribution in [0.5, 0.6) is 0 Å². The van der Waals surface area contributed by atoms with Gasteiger partial charge in [0.05, 0.1) is 27.4 Å². The zero-order valence-corrected chi connectivity index (χ0v) is 15.4. The van der Waals surface area contributed by atoms with E-state index in [1.807, 2.05) is 29.9 Å². The fraction of sp³-hybridized carbons (Fsp3) is 0.267. The fourth-order valence-corrected chi connectivity index (χ4v) is 4.52. The molecule has 0 atom stereocenters. The summed E-state index contributed by atoms with van der Waals surface area (Å²) in [5.41, 5.74) is 3.70. The van der Waals surface area contributed by atoms with Crippen LogP contribution in [0.15, 0.2) is 44.7 Å². The molecule has 0 unspecified atom stereocenters. The van der Waals surface area contributed by atoms with Gasteiger partial charge in [-0.25, -0.2) is 9.97 Å². The van der Waals surface area contributed by atoms with Gasteiger partial charge in [0, 0.05) is 6.20 Å². The van der Waals surface area contributed by atoms with Crippen molar-refractivity contribution in [2.75, 3.05) is 0 Å². The summed E-state index contributed by atoms with van der Waals surface area (Å²) in [5, 5.41) is 1.05. The third-order valence-electron chi connectivity index (χ3n) is 3.06. The molecule has 0 spiro atoms. The highest BCUT2D eigenvalue weighted by Gasteiger charge is 2.22. The molecule has 0 amide bonds. The molecular weight excluding hydrogens is 330 g/mol. The molecule has 0 bridgehead atoms. The van der Waals surface area contributed by atoms with Crippen molar-refractivity contribution in [3.8, 4) is 11.4 Å². The summed E-state index contributed by atoms with van der Waals surface area (Å²) in [6.45, 7) is 6.77. The molecule has 3 rings (SSSR count). The highest BCUT2D eigenvalue weighted by Crippen LogP contribution is 2.34. The van der Waals surface area contributed by atoms with Gasteiger partial charge in [-0.2, -0.15) is 0 Å². The first-order valence-corrected chi connectivity index (χ1v) is 12.3. The molecule has 114 valence electrons. The van der Waals surface area contributed by atoms with Gasteiger partial charge in [0.2, 0.25) is 5.89 Å². The number of hydrogen-bond donors (Lipinski definition) is 0. The molecule has 0 N–H and O–H groups in total. The number of oxazole rings is 1. The van der Waals surface area contributed by atoms with Crippen molar-refractivity contribution in [3.63, 3.8) is 0 Å². The first-order valence-electron chi connectivity index (χ1n) is 6.97. The molecule has 0 radical (unpaired) electrons. The van der Waals surface area contributed by atoms with E-state index >= 15 is 0 Å². The Morgan fingerprint density at radius 2 is 2.05 bits per heavy atom. The molecule has 0 aromatic carbocycles. The first kappa shape index (κ1) is 15.5. The van der Waals surface area contributed by atoms with Crippen molar-refractivity contribution >= 4 is 36.6 Å². The second-order valence-electron chi connectivity index (χ2n) is 5.86. The van der Waals surface area contributed by atoms with Crippen molar-refractivity contribution in [1.29, 1.82) is 0 Å². The Morgan fingerprint density at radius 1 is 1.18 bits per heavy atom. The van der Waals surface area contributed by atoms with Gasteiger partial charge in [-0.3, -0.25) is 4.98 Å². The Morgan fingerprint density at radius 3 is 2.73 bits per heavy atom. The largest absolute Gasteiger partial charge is 0.450 e. The number of nitrogens with zero attached hydrogens (tertiary/aromatic N) is 3. The average Bonchev–Trinajstić information content (AvgIpc) is 3.14.